The molecule has 0 bridgehead atoms. The Kier molecular flexibility index (Phi) is 7.10. The Morgan fingerprint density at radius 1 is 1.29 bits per heavy atom. The van der Waals surface area contributed by atoms with Gasteiger partial charge in [0.15, 0.2) is 5.82 Å². The van der Waals surface area contributed by atoms with E-state index in [1.54, 1.807) is 6.21 Å². The topological polar surface area (TPSA) is 111 Å². The Morgan fingerprint density at radius 3 is 2.89 bits per heavy atom. The summed E-state index contributed by atoms with van der Waals surface area (Å²) in [4.78, 5) is 19.9. The summed E-state index contributed by atoms with van der Waals surface area (Å²) < 4.78 is 11.1. The first-order valence-electron chi connectivity index (χ1n) is 9.36. The van der Waals surface area contributed by atoms with Crippen molar-refractivity contribution in [2.45, 2.75) is 13.5 Å². The number of anilines is 2. The fourth-order valence-electron chi connectivity index (χ4n) is 2.73. The highest BCUT2D eigenvalue weighted by atomic mass is 16.5. The molecule has 1 aliphatic rings. The van der Waals surface area contributed by atoms with E-state index in [1.807, 2.05) is 32.2 Å². The standard InChI is InChI=1S/C19H27N7O2/c1-14-3-4-16(20)15(11-14)12-22-13-17-23-18(26-6-9-27-10-7-26)25-19(24-17)28-8-5-21-2/h3-4,11,13,21H,5-10,12,20H2,1-2H3. The second-order valence-electron chi connectivity index (χ2n) is 6.50. The summed E-state index contributed by atoms with van der Waals surface area (Å²) in [6, 6.07) is 6.21. The number of nitrogens with two attached hydrogens (primary N) is 1. The molecule has 0 atom stereocenters. The number of nitrogen functional groups attached to an aromatic ring is 1. The van der Waals surface area contributed by atoms with E-state index < -0.39 is 0 Å². The zero-order valence-corrected chi connectivity index (χ0v) is 16.4. The quantitative estimate of drug-likeness (QED) is 0.390. The van der Waals surface area contributed by atoms with Crippen molar-refractivity contribution in [2.24, 2.45) is 4.99 Å². The van der Waals surface area contributed by atoms with Crippen LogP contribution in [0.3, 0.4) is 0 Å². The molecule has 1 saturated heterocycles. The molecular weight excluding hydrogens is 358 g/mol. The SMILES string of the molecule is CNCCOc1nc(C=NCc2cc(C)ccc2N)nc(N2CCOCC2)n1. The molecular formula is C19H27N7O2. The molecule has 0 spiro atoms. The van der Waals surface area contributed by atoms with Crippen LogP contribution in [0, 0.1) is 6.92 Å². The average Bonchev–Trinajstić information content (AvgIpc) is 2.71. The highest BCUT2D eigenvalue weighted by Crippen LogP contribution is 2.16. The first kappa shape index (κ1) is 20.0. The van der Waals surface area contributed by atoms with E-state index in [9.17, 15) is 0 Å². The van der Waals surface area contributed by atoms with Gasteiger partial charge in [0.1, 0.15) is 6.61 Å². The Hall–Kier alpha value is -2.78. The lowest BCUT2D eigenvalue weighted by Crippen LogP contribution is -2.37. The lowest BCUT2D eigenvalue weighted by molar-refractivity contribution is 0.122. The monoisotopic (exact) mass is 385 g/mol. The average molecular weight is 385 g/mol. The van der Waals surface area contributed by atoms with Gasteiger partial charge in [-0.05, 0) is 25.6 Å². The molecule has 3 rings (SSSR count). The van der Waals surface area contributed by atoms with Gasteiger partial charge in [-0.1, -0.05) is 17.7 Å². The number of hydrogen-bond acceptors (Lipinski definition) is 9. The Labute approximate surface area is 165 Å². The molecule has 9 nitrogen and oxygen atoms in total. The molecule has 1 aliphatic heterocycles. The fraction of sp³-hybridized carbons (Fsp3) is 0.474. The first-order chi connectivity index (χ1) is 13.7. The van der Waals surface area contributed by atoms with Gasteiger partial charge in [-0.25, -0.2) is 0 Å². The largest absolute Gasteiger partial charge is 0.462 e. The molecule has 0 unspecified atom stereocenters. The number of nitrogens with zero attached hydrogens (tertiary/aromatic N) is 5. The maximum atomic E-state index is 6.02. The van der Waals surface area contributed by atoms with Crippen LogP contribution >= 0.6 is 0 Å². The maximum absolute atomic E-state index is 6.02. The van der Waals surface area contributed by atoms with Gasteiger partial charge in [0, 0.05) is 25.3 Å². The van der Waals surface area contributed by atoms with Crippen molar-refractivity contribution in [2.75, 3.05) is 57.1 Å². The van der Waals surface area contributed by atoms with Gasteiger partial charge < -0.3 is 25.4 Å². The number of aryl methyl sites for hydroxylation is 1. The van der Waals surface area contributed by atoms with E-state index in [0.717, 1.165) is 29.9 Å². The number of ether oxygens (including phenoxy) is 2. The van der Waals surface area contributed by atoms with Crippen molar-refractivity contribution in [3.63, 3.8) is 0 Å². The normalized spacial score (nSPS) is 14.6. The number of nitrogens with one attached hydrogen (secondary N) is 1. The second-order valence-corrected chi connectivity index (χ2v) is 6.50. The van der Waals surface area contributed by atoms with Gasteiger partial charge in [0.25, 0.3) is 0 Å². The number of aliphatic imine (C=N–C) groups is 1. The summed E-state index contributed by atoms with van der Waals surface area (Å²) in [6.07, 6.45) is 1.64. The van der Waals surface area contributed by atoms with Crippen molar-refractivity contribution in [1.29, 1.82) is 0 Å². The molecule has 9 heteroatoms. The smallest absolute Gasteiger partial charge is 0.321 e. The summed E-state index contributed by atoms with van der Waals surface area (Å²) in [6.45, 7) is 6.43. The summed E-state index contributed by atoms with van der Waals surface area (Å²) in [5.41, 5.74) is 8.87. The highest BCUT2D eigenvalue weighted by molar-refractivity contribution is 5.75. The molecule has 2 aromatic rings. The molecule has 1 aromatic carbocycles. The van der Waals surface area contributed by atoms with Crippen LogP contribution in [0.15, 0.2) is 23.2 Å². The molecule has 150 valence electrons. The lowest BCUT2D eigenvalue weighted by atomic mass is 10.1. The number of rotatable bonds is 8. The van der Waals surface area contributed by atoms with Crippen molar-refractivity contribution < 1.29 is 9.47 Å². The minimum atomic E-state index is 0.295. The molecule has 3 N–H and O–H groups in total. The van der Waals surface area contributed by atoms with E-state index in [0.29, 0.717) is 50.7 Å². The van der Waals surface area contributed by atoms with Gasteiger partial charge in [-0.2, -0.15) is 15.0 Å². The Morgan fingerprint density at radius 2 is 2.11 bits per heavy atom. The number of likely N-dealkylation sites (N-methyl/N-ethyl adjacent to an activating group) is 1. The molecule has 0 saturated carbocycles. The van der Waals surface area contributed by atoms with Crippen LogP contribution < -0.4 is 20.7 Å². The number of hydrogen-bond donors (Lipinski definition) is 2. The molecule has 28 heavy (non-hydrogen) atoms. The third kappa shape index (κ3) is 5.61. The van der Waals surface area contributed by atoms with Crippen molar-refractivity contribution in [1.82, 2.24) is 20.3 Å². The van der Waals surface area contributed by atoms with Crippen molar-refractivity contribution >= 4 is 17.9 Å². The van der Waals surface area contributed by atoms with Crippen LogP contribution in [0.2, 0.25) is 0 Å². The molecule has 1 fully saturated rings. The van der Waals surface area contributed by atoms with E-state index in [-0.39, 0.29) is 0 Å². The van der Waals surface area contributed by atoms with Crippen LogP contribution in [-0.4, -0.2) is 67.7 Å². The lowest BCUT2D eigenvalue weighted by Gasteiger charge is -2.26. The van der Waals surface area contributed by atoms with E-state index in [4.69, 9.17) is 15.2 Å². The van der Waals surface area contributed by atoms with Crippen LogP contribution in [-0.2, 0) is 11.3 Å². The fourth-order valence-corrected chi connectivity index (χ4v) is 2.73. The summed E-state index contributed by atoms with van der Waals surface area (Å²) in [7, 11) is 1.87. The molecule has 0 aliphatic carbocycles. The minimum Gasteiger partial charge on any atom is -0.462 e. The highest BCUT2D eigenvalue weighted by Gasteiger charge is 2.16. The van der Waals surface area contributed by atoms with Crippen LogP contribution in [0.4, 0.5) is 11.6 Å². The third-order valence-corrected chi connectivity index (χ3v) is 4.26. The molecule has 0 amide bonds. The number of aromatic nitrogens is 3. The second kappa shape index (κ2) is 9.95. The third-order valence-electron chi connectivity index (χ3n) is 4.26. The van der Waals surface area contributed by atoms with E-state index in [2.05, 4.69) is 30.2 Å². The van der Waals surface area contributed by atoms with Crippen LogP contribution in [0.25, 0.3) is 0 Å². The van der Waals surface area contributed by atoms with Gasteiger partial charge in [0.2, 0.25) is 5.95 Å². The predicted octanol–water partition coefficient (Wildman–Crippen LogP) is 0.816. The molecule has 2 heterocycles. The molecule has 0 radical (unpaired) electrons. The summed E-state index contributed by atoms with van der Waals surface area (Å²) >= 11 is 0. The minimum absolute atomic E-state index is 0.295. The zero-order chi connectivity index (χ0) is 19.8. The van der Waals surface area contributed by atoms with E-state index in [1.165, 1.54) is 0 Å². The first-order valence-corrected chi connectivity index (χ1v) is 9.36. The number of benzene rings is 1. The molecule has 1 aromatic heterocycles. The predicted molar refractivity (Wildman–Crippen MR) is 109 cm³/mol. The Balaban J connectivity index is 1.77. The van der Waals surface area contributed by atoms with Gasteiger partial charge in [-0.3, -0.25) is 4.99 Å². The van der Waals surface area contributed by atoms with Crippen LogP contribution in [0.1, 0.15) is 17.0 Å². The summed E-state index contributed by atoms with van der Waals surface area (Å²) in [5.74, 6) is 1.04. The van der Waals surface area contributed by atoms with Gasteiger partial charge >= 0.3 is 6.01 Å². The van der Waals surface area contributed by atoms with Crippen molar-refractivity contribution in [3.8, 4) is 6.01 Å². The van der Waals surface area contributed by atoms with Crippen LogP contribution in [0.5, 0.6) is 6.01 Å². The zero-order valence-electron chi connectivity index (χ0n) is 16.4. The summed E-state index contributed by atoms with van der Waals surface area (Å²) in [5, 5.41) is 3.03. The van der Waals surface area contributed by atoms with Gasteiger partial charge in [0.05, 0.1) is 26.0 Å². The number of morpholine rings is 1. The van der Waals surface area contributed by atoms with E-state index >= 15 is 0 Å². The maximum Gasteiger partial charge on any atom is 0.321 e. The van der Waals surface area contributed by atoms with Gasteiger partial charge in [-0.15, -0.1) is 0 Å². The van der Waals surface area contributed by atoms with Crippen molar-refractivity contribution in [3.05, 3.63) is 35.2 Å². The Bertz CT molecular complexity index is 807.